The first-order valence-electron chi connectivity index (χ1n) is 4.52. The average Bonchev–Trinajstić information content (AvgIpc) is 2.50. The fraction of sp³-hybridized carbons (Fsp3) is 0.875. The lowest BCUT2D eigenvalue weighted by atomic mass is 9.86. The molecule has 2 aliphatic heterocycles. The lowest BCUT2D eigenvalue weighted by molar-refractivity contribution is 0.113. The van der Waals surface area contributed by atoms with E-state index in [1.165, 1.54) is 0 Å². The molecule has 2 heterocycles. The number of hydrogen-bond donors (Lipinski definition) is 3. The molecule has 2 saturated heterocycles. The molecule has 3 atom stereocenters. The first-order chi connectivity index (χ1) is 6.19. The summed E-state index contributed by atoms with van der Waals surface area (Å²) in [6.07, 6.45) is 0.342. The third kappa shape index (κ3) is 0.722. The molecule has 1 amide bonds. The van der Waals surface area contributed by atoms with Gasteiger partial charge in [-0.05, 0) is 6.42 Å². The second-order valence-corrected chi connectivity index (χ2v) is 4.28. The van der Waals surface area contributed by atoms with Crippen LogP contribution in [0.1, 0.15) is 6.42 Å². The molecule has 3 fully saturated rings. The predicted molar refractivity (Wildman–Crippen MR) is 43.6 cm³/mol. The zero-order valence-electron chi connectivity index (χ0n) is 7.17. The number of ether oxygens (including phenoxy) is 1. The van der Waals surface area contributed by atoms with Crippen molar-refractivity contribution in [3.63, 3.8) is 0 Å². The summed E-state index contributed by atoms with van der Waals surface area (Å²) in [6.45, 7) is 2.12. The van der Waals surface area contributed by atoms with E-state index in [9.17, 15) is 4.79 Å². The fourth-order valence-corrected chi connectivity index (χ4v) is 2.87. The van der Waals surface area contributed by atoms with Gasteiger partial charge >= 0.3 is 6.09 Å². The van der Waals surface area contributed by atoms with E-state index in [1.807, 2.05) is 0 Å². The largest absolute Gasteiger partial charge is 0.465 e. The number of rotatable bonds is 1. The smallest absolute Gasteiger partial charge is 0.405 e. The van der Waals surface area contributed by atoms with E-state index in [-0.39, 0.29) is 17.1 Å². The van der Waals surface area contributed by atoms with Crippen LogP contribution in [-0.2, 0) is 4.74 Å². The standard InChI is InChI=1S/C8H12N2O3/c11-6(12)10-8-3-9-2-7(8)1-5(7)13-4-8/h5,9-10H,1-4H2,(H,11,12)/t5-,7?,8?/m0/s1. The molecule has 1 aliphatic carbocycles. The van der Waals surface area contributed by atoms with Crippen LogP contribution in [0.4, 0.5) is 4.79 Å². The summed E-state index contributed by atoms with van der Waals surface area (Å²) in [5.74, 6) is 0. The summed E-state index contributed by atoms with van der Waals surface area (Å²) in [5.41, 5.74) is -0.269. The molecule has 5 heteroatoms. The Morgan fingerprint density at radius 2 is 2.46 bits per heavy atom. The van der Waals surface area contributed by atoms with E-state index in [0.717, 1.165) is 13.0 Å². The SMILES string of the molecule is O=C(O)NC12CNCC13C[C@@H]3OC2. The Hall–Kier alpha value is -0.810. The molecule has 5 nitrogen and oxygen atoms in total. The Kier molecular flexibility index (Phi) is 1.16. The van der Waals surface area contributed by atoms with E-state index in [2.05, 4.69) is 10.6 Å². The second kappa shape index (κ2) is 1.99. The van der Waals surface area contributed by atoms with Gasteiger partial charge in [0.2, 0.25) is 0 Å². The summed E-state index contributed by atoms with van der Waals surface area (Å²) >= 11 is 0. The molecular formula is C8H12N2O3. The summed E-state index contributed by atoms with van der Waals surface area (Å²) in [4.78, 5) is 10.7. The van der Waals surface area contributed by atoms with Crippen LogP contribution in [0.3, 0.4) is 0 Å². The van der Waals surface area contributed by atoms with Gasteiger partial charge in [-0.3, -0.25) is 0 Å². The number of carbonyl (C=O) groups is 1. The van der Waals surface area contributed by atoms with Crippen molar-refractivity contribution in [1.29, 1.82) is 0 Å². The van der Waals surface area contributed by atoms with Crippen LogP contribution in [0.15, 0.2) is 0 Å². The summed E-state index contributed by atoms with van der Waals surface area (Å²) in [7, 11) is 0. The third-order valence-corrected chi connectivity index (χ3v) is 3.70. The molecule has 3 aliphatic rings. The molecular weight excluding hydrogens is 172 g/mol. The zero-order chi connectivity index (χ0) is 9.10. The maximum atomic E-state index is 10.7. The molecule has 0 bridgehead atoms. The molecule has 0 aromatic heterocycles. The van der Waals surface area contributed by atoms with Gasteiger partial charge in [-0.1, -0.05) is 0 Å². The molecule has 0 aromatic carbocycles. The Balaban J connectivity index is 1.92. The maximum absolute atomic E-state index is 10.7. The third-order valence-electron chi connectivity index (χ3n) is 3.70. The molecule has 3 N–H and O–H groups in total. The normalized spacial score (nSPS) is 51.2. The van der Waals surface area contributed by atoms with Gasteiger partial charge in [0.25, 0.3) is 0 Å². The average molecular weight is 184 g/mol. The van der Waals surface area contributed by atoms with E-state index in [4.69, 9.17) is 9.84 Å². The van der Waals surface area contributed by atoms with Crippen LogP contribution >= 0.6 is 0 Å². The zero-order valence-corrected chi connectivity index (χ0v) is 7.17. The van der Waals surface area contributed by atoms with E-state index in [0.29, 0.717) is 13.2 Å². The number of hydrogen-bond acceptors (Lipinski definition) is 3. The number of carboxylic acid groups (broad SMARTS) is 1. The van der Waals surface area contributed by atoms with Gasteiger partial charge in [0, 0.05) is 18.5 Å². The Bertz CT molecular complexity index is 279. The molecule has 13 heavy (non-hydrogen) atoms. The molecule has 0 aromatic rings. The quantitative estimate of drug-likeness (QED) is 0.508. The monoisotopic (exact) mass is 184 g/mol. The van der Waals surface area contributed by atoms with Crippen molar-refractivity contribution < 1.29 is 14.6 Å². The Morgan fingerprint density at radius 1 is 1.62 bits per heavy atom. The van der Waals surface area contributed by atoms with Crippen LogP contribution in [-0.4, -0.2) is 42.5 Å². The molecule has 72 valence electrons. The Morgan fingerprint density at radius 3 is 3.15 bits per heavy atom. The predicted octanol–water partition coefficient (Wildman–Crippen LogP) is -0.615. The molecule has 3 rings (SSSR count). The Labute approximate surface area is 75.4 Å². The van der Waals surface area contributed by atoms with Crippen molar-refractivity contribution in [3.8, 4) is 0 Å². The first-order valence-corrected chi connectivity index (χ1v) is 4.52. The van der Waals surface area contributed by atoms with E-state index >= 15 is 0 Å². The van der Waals surface area contributed by atoms with Crippen LogP contribution < -0.4 is 10.6 Å². The van der Waals surface area contributed by atoms with Gasteiger partial charge < -0.3 is 20.5 Å². The first kappa shape index (κ1) is 7.58. The highest BCUT2D eigenvalue weighted by atomic mass is 16.5. The topological polar surface area (TPSA) is 70.6 Å². The van der Waals surface area contributed by atoms with Crippen molar-refractivity contribution in [2.45, 2.75) is 18.1 Å². The minimum atomic E-state index is -0.945. The van der Waals surface area contributed by atoms with Gasteiger partial charge in [0.05, 0.1) is 18.2 Å². The van der Waals surface area contributed by atoms with Crippen LogP contribution in [0.2, 0.25) is 0 Å². The lowest BCUT2D eigenvalue weighted by Gasteiger charge is -2.29. The molecule has 2 unspecified atom stereocenters. The van der Waals surface area contributed by atoms with Crippen molar-refractivity contribution in [2.75, 3.05) is 19.7 Å². The number of amides is 1. The van der Waals surface area contributed by atoms with Crippen molar-refractivity contribution in [1.82, 2.24) is 10.6 Å². The van der Waals surface area contributed by atoms with Crippen molar-refractivity contribution in [3.05, 3.63) is 0 Å². The van der Waals surface area contributed by atoms with Crippen LogP contribution in [0.25, 0.3) is 0 Å². The van der Waals surface area contributed by atoms with Gasteiger partial charge in [-0.2, -0.15) is 0 Å². The second-order valence-electron chi connectivity index (χ2n) is 4.28. The highest BCUT2D eigenvalue weighted by molar-refractivity contribution is 5.66. The lowest BCUT2D eigenvalue weighted by Crippen LogP contribution is -2.56. The summed E-state index contributed by atoms with van der Waals surface area (Å²) in [6, 6.07) is 0. The molecule has 1 saturated carbocycles. The highest BCUT2D eigenvalue weighted by Crippen LogP contribution is 2.62. The van der Waals surface area contributed by atoms with Gasteiger partial charge in [0.15, 0.2) is 0 Å². The van der Waals surface area contributed by atoms with Crippen molar-refractivity contribution >= 4 is 6.09 Å². The number of nitrogens with one attached hydrogen (secondary N) is 2. The van der Waals surface area contributed by atoms with Gasteiger partial charge in [-0.15, -0.1) is 0 Å². The molecule has 0 radical (unpaired) electrons. The maximum Gasteiger partial charge on any atom is 0.405 e. The molecule has 1 spiro atoms. The van der Waals surface area contributed by atoms with E-state index in [1.54, 1.807) is 0 Å². The van der Waals surface area contributed by atoms with Gasteiger partial charge in [0.1, 0.15) is 0 Å². The minimum absolute atomic E-state index is 0.0748. The van der Waals surface area contributed by atoms with Crippen LogP contribution in [0, 0.1) is 5.41 Å². The van der Waals surface area contributed by atoms with Crippen molar-refractivity contribution in [2.24, 2.45) is 5.41 Å². The highest BCUT2D eigenvalue weighted by Gasteiger charge is 2.74. The van der Waals surface area contributed by atoms with Gasteiger partial charge in [-0.25, -0.2) is 4.79 Å². The summed E-state index contributed by atoms with van der Waals surface area (Å²) < 4.78 is 5.52. The van der Waals surface area contributed by atoms with E-state index < -0.39 is 6.09 Å². The fourth-order valence-electron chi connectivity index (χ4n) is 2.87. The van der Waals surface area contributed by atoms with Crippen LogP contribution in [0.5, 0.6) is 0 Å². The minimum Gasteiger partial charge on any atom is -0.465 e. The summed E-state index contributed by atoms with van der Waals surface area (Å²) in [5, 5.41) is 14.6.